The predicted molar refractivity (Wildman–Crippen MR) is 84.4 cm³/mol. The van der Waals surface area contributed by atoms with E-state index < -0.39 is 0 Å². The van der Waals surface area contributed by atoms with Gasteiger partial charge in [0.25, 0.3) is 0 Å². The van der Waals surface area contributed by atoms with Crippen LogP contribution in [-0.4, -0.2) is 85.7 Å². The third-order valence-corrected chi connectivity index (χ3v) is 4.68. The van der Waals surface area contributed by atoms with E-state index in [-0.39, 0.29) is 12.0 Å². The Morgan fingerprint density at radius 1 is 1.29 bits per heavy atom. The number of hydrogen-bond acceptors (Lipinski definition) is 4. The van der Waals surface area contributed by atoms with Crippen molar-refractivity contribution in [1.29, 1.82) is 0 Å². The number of likely N-dealkylation sites (tertiary alicyclic amines) is 1. The molecule has 21 heavy (non-hydrogen) atoms. The van der Waals surface area contributed by atoms with Crippen LogP contribution in [0.1, 0.15) is 33.1 Å². The summed E-state index contributed by atoms with van der Waals surface area (Å²) in [6, 6.07) is 0.527. The maximum atomic E-state index is 12.3. The Balaban J connectivity index is 1.69. The average molecular weight is 297 g/mol. The largest absolute Gasteiger partial charge is 0.375 e. The van der Waals surface area contributed by atoms with Gasteiger partial charge in [-0.1, -0.05) is 0 Å². The van der Waals surface area contributed by atoms with Gasteiger partial charge in [0, 0.05) is 39.3 Å². The lowest BCUT2D eigenvalue weighted by Gasteiger charge is -2.35. The SMILES string of the molecule is CC(C)N1CCO[C@@H](CC(=O)N(C)CCN2CCCC2)C1. The van der Waals surface area contributed by atoms with E-state index in [0.29, 0.717) is 12.5 Å². The topological polar surface area (TPSA) is 36.0 Å². The quantitative estimate of drug-likeness (QED) is 0.734. The summed E-state index contributed by atoms with van der Waals surface area (Å²) in [6.45, 7) is 11.2. The highest BCUT2D eigenvalue weighted by Gasteiger charge is 2.25. The molecular formula is C16H31N3O2. The van der Waals surface area contributed by atoms with Crippen molar-refractivity contribution in [3.8, 4) is 0 Å². The highest BCUT2D eigenvalue weighted by atomic mass is 16.5. The van der Waals surface area contributed by atoms with Crippen LogP contribution in [0.3, 0.4) is 0 Å². The van der Waals surface area contributed by atoms with Crippen molar-refractivity contribution in [2.75, 3.05) is 52.9 Å². The number of carbonyl (C=O) groups is 1. The van der Waals surface area contributed by atoms with Gasteiger partial charge in [-0.05, 0) is 39.8 Å². The zero-order valence-corrected chi connectivity index (χ0v) is 13.9. The molecule has 0 aromatic heterocycles. The number of carbonyl (C=O) groups excluding carboxylic acids is 1. The molecule has 2 heterocycles. The van der Waals surface area contributed by atoms with Crippen LogP contribution in [0, 0.1) is 0 Å². The Morgan fingerprint density at radius 3 is 2.67 bits per heavy atom. The minimum absolute atomic E-state index is 0.0582. The predicted octanol–water partition coefficient (Wildman–Crippen LogP) is 1.04. The fraction of sp³-hybridized carbons (Fsp3) is 0.938. The molecule has 0 N–H and O–H groups in total. The molecule has 1 atom stereocenters. The first kappa shape index (κ1) is 16.7. The van der Waals surface area contributed by atoms with E-state index in [4.69, 9.17) is 4.74 Å². The van der Waals surface area contributed by atoms with Crippen molar-refractivity contribution >= 4 is 5.91 Å². The molecule has 0 bridgehead atoms. The first-order chi connectivity index (χ1) is 10.1. The second-order valence-electron chi connectivity index (χ2n) is 6.65. The van der Waals surface area contributed by atoms with Crippen molar-refractivity contribution in [1.82, 2.24) is 14.7 Å². The van der Waals surface area contributed by atoms with Gasteiger partial charge < -0.3 is 14.5 Å². The Bertz CT molecular complexity index is 329. The van der Waals surface area contributed by atoms with Gasteiger partial charge >= 0.3 is 0 Å². The van der Waals surface area contributed by atoms with Gasteiger partial charge in [-0.3, -0.25) is 9.69 Å². The molecule has 1 amide bonds. The molecule has 0 unspecified atom stereocenters. The molecule has 0 aliphatic carbocycles. The lowest BCUT2D eigenvalue weighted by Crippen LogP contribution is -2.47. The Hall–Kier alpha value is -0.650. The van der Waals surface area contributed by atoms with Gasteiger partial charge in [0.2, 0.25) is 5.91 Å². The smallest absolute Gasteiger partial charge is 0.225 e. The van der Waals surface area contributed by atoms with Gasteiger partial charge in [0.15, 0.2) is 0 Å². The van der Waals surface area contributed by atoms with Crippen LogP contribution in [0.25, 0.3) is 0 Å². The molecule has 0 aromatic carbocycles. The molecule has 2 rings (SSSR count). The monoisotopic (exact) mass is 297 g/mol. The first-order valence-electron chi connectivity index (χ1n) is 8.38. The number of rotatable bonds is 6. The average Bonchev–Trinajstić information content (AvgIpc) is 2.98. The third-order valence-electron chi connectivity index (χ3n) is 4.68. The zero-order valence-electron chi connectivity index (χ0n) is 13.9. The Labute approximate surface area is 129 Å². The summed E-state index contributed by atoms with van der Waals surface area (Å²) in [4.78, 5) is 19.0. The first-order valence-corrected chi connectivity index (χ1v) is 8.38. The van der Waals surface area contributed by atoms with Crippen LogP contribution in [-0.2, 0) is 9.53 Å². The summed E-state index contributed by atoms with van der Waals surface area (Å²) in [7, 11) is 1.92. The third kappa shape index (κ3) is 5.24. The molecule has 2 aliphatic heterocycles. The molecular weight excluding hydrogens is 266 g/mol. The molecule has 122 valence electrons. The molecule has 2 fully saturated rings. The van der Waals surface area contributed by atoms with E-state index >= 15 is 0 Å². The van der Waals surface area contributed by atoms with Crippen LogP contribution >= 0.6 is 0 Å². The molecule has 5 heteroatoms. The second-order valence-corrected chi connectivity index (χ2v) is 6.65. The fourth-order valence-corrected chi connectivity index (χ4v) is 3.11. The van der Waals surface area contributed by atoms with Crippen LogP contribution < -0.4 is 0 Å². The van der Waals surface area contributed by atoms with Crippen molar-refractivity contribution < 1.29 is 9.53 Å². The summed E-state index contributed by atoms with van der Waals surface area (Å²) in [5.74, 6) is 0.213. The van der Waals surface area contributed by atoms with E-state index in [0.717, 1.165) is 32.8 Å². The van der Waals surface area contributed by atoms with Crippen LogP contribution in [0.15, 0.2) is 0 Å². The van der Waals surface area contributed by atoms with Gasteiger partial charge in [0.1, 0.15) is 0 Å². The number of likely N-dealkylation sites (N-methyl/N-ethyl adjacent to an activating group) is 1. The van der Waals surface area contributed by atoms with Crippen molar-refractivity contribution in [2.45, 2.75) is 45.3 Å². The number of amides is 1. The van der Waals surface area contributed by atoms with E-state index in [1.807, 2.05) is 11.9 Å². The fourth-order valence-electron chi connectivity index (χ4n) is 3.11. The van der Waals surface area contributed by atoms with Crippen molar-refractivity contribution in [3.05, 3.63) is 0 Å². The van der Waals surface area contributed by atoms with Gasteiger partial charge in [-0.25, -0.2) is 0 Å². The second kappa shape index (κ2) is 8.11. The minimum Gasteiger partial charge on any atom is -0.375 e. The van der Waals surface area contributed by atoms with E-state index in [1.54, 1.807) is 0 Å². The number of nitrogens with zero attached hydrogens (tertiary/aromatic N) is 3. The molecule has 0 saturated carbocycles. The molecule has 0 radical (unpaired) electrons. The van der Waals surface area contributed by atoms with Crippen molar-refractivity contribution in [3.63, 3.8) is 0 Å². The normalized spacial score (nSPS) is 24.7. The molecule has 2 saturated heterocycles. The van der Waals surface area contributed by atoms with Crippen LogP contribution in [0.4, 0.5) is 0 Å². The lowest BCUT2D eigenvalue weighted by molar-refractivity contribution is -0.135. The Morgan fingerprint density at radius 2 is 2.00 bits per heavy atom. The molecule has 0 spiro atoms. The van der Waals surface area contributed by atoms with E-state index in [2.05, 4.69) is 23.6 Å². The summed E-state index contributed by atoms with van der Waals surface area (Å²) < 4.78 is 5.76. The van der Waals surface area contributed by atoms with Crippen LogP contribution in [0.5, 0.6) is 0 Å². The Kier molecular flexibility index (Phi) is 6.45. The molecule has 5 nitrogen and oxygen atoms in total. The summed E-state index contributed by atoms with van der Waals surface area (Å²) in [6.07, 6.45) is 3.18. The summed E-state index contributed by atoms with van der Waals surface area (Å²) >= 11 is 0. The van der Waals surface area contributed by atoms with Gasteiger partial charge in [0.05, 0.1) is 19.1 Å². The highest BCUT2D eigenvalue weighted by Crippen LogP contribution is 2.13. The number of morpholine rings is 1. The summed E-state index contributed by atoms with van der Waals surface area (Å²) in [5.41, 5.74) is 0. The zero-order chi connectivity index (χ0) is 15.2. The number of hydrogen-bond donors (Lipinski definition) is 0. The molecule has 0 aromatic rings. The van der Waals surface area contributed by atoms with Gasteiger partial charge in [-0.2, -0.15) is 0 Å². The minimum atomic E-state index is 0.0582. The highest BCUT2D eigenvalue weighted by molar-refractivity contribution is 5.76. The van der Waals surface area contributed by atoms with Crippen LogP contribution in [0.2, 0.25) is 0 Å². The lowest BCUT2D eigenvalue weighted by atomic mass is 10.1. The van der Waals surface area contributed by atoms with E-state index in [9.17, 15) is 4.79 Å². The van der Waals surface area contributed by atoms with E-state index in [1.165, 1.54) is 25.9 Å². The maximum Gasteiger partial charge on any atom is 0.225 e. The van der Waals surface area contributed by atoms with Crippen molar-refractivity contribution in [2.24, 2.45) is 0 Å². The maximum absolute atomic E-state index is 12.3. The number of ether oxygens (including phenoxy) is 1. The summed E-state index contributed by atoms with van der Waals surface area (Å²) in [5, 5.41) is 0. The van der Waals surface area contributed by atoms with Gasteiger partial charge in [-0.15, -0.1) is 0 Å². The molecule has 2 aliphatic rings. The standard InChI is InChI=1S/C16H31N3O2/c1-14(2)19-10-11-21-15(13-19)12-16(20)17(3)8-9-18-6-4-5-7-18/h14-15H,4-13H2,1-3H3/t15-/m0/s1.